The van der Waals surface area contributed by atoms with E-state index >= 15 is 0 Å². The van der Waals surface area contributed by atoms with Gasteiger partial charge in [0.2, 0.25) is 0 Å². The van der Waals surface area contributed by atoms with Crippen LogP contribution in [0, 0.1) is 0 Å². The van der Waals surface area contributed by atoms with Crippen LogP contribution in [0.3, 0.4) is 0 Å². The van der Waals surface area contributed by atoms with E-state index in [0.29, 0.717) is 12.5 Å². The van der Waals surface area contributed by atoms with Gasteiger partial charge in [-0.15, -0.1) is 0 Å². The van der Waals surface area contributed by atoms with Gasteiger partial charge in [0.1, 0.15) is 0 Å². The highest BCUT2D eigenvalue weighted by Gasteiger charge is 2.22. The predicted octanol–water partition coefficient (Wildman–Crippen LogP) is 3.58. The molecule has 106 valence electrons. The first-order valence-electron chi connectivity index (χ1n) is 7.79. The van der Waals surface area contributed by atoms with Crippen molar-refractivity contribution in [1.29, 1.82) is 0 Å². The van der Waals surface area contributed by atoms with Crippen LogP contribution in [0.25, 0.3) is 11.1 Å². The third-order valence-corrected chi connectivity index (χ3v) is 4.71. The van der Waals surface area contributed by atoms with Crippen molar-refractivity contribution in [1.82, 2.24) is 5.32 Å². The molecule has 1 atom stereocenters. The van der Waals surface area contributed by atoms with Gasteiger partial charge in [0.15, 0.2) is 5.78 Å². The average Bonchev–Trinajstić information content (AvgIpc) is 3.13. The van der Waals surface area contributed by atoms with Crippen LogP contribution in [-0.2, 0) is 6.42 Å². The summed E-state index contributed by atoms with van der Waals surface area (Å²) >= 11 is 0. The molecule has 21 heavy (non-hydrogen) atoms. The van der Waals surface area contributed by atoms with E-state index in [4.69, 9.17) is 0 Å². The van der Waals surface area contributed by atoms with Crippen LogP contribution in [-0.4, -0.2) is 18.4 Å². The lowest BCUT2D eigenvalue weighted by Crippen LogP contribution is -2.24. The Morgan fingerprint density at radius 1 is 1.10 bits per heavy atom. The third kappa shape index (κ3) is 2.30. The van der Waals surface area contributed by atoms with Gasteiger partial charge in [0.05, 0.1) is 0 Å². The van der Waals surface area contributed by atoms with Crippen molar-refractivity contribution in [3.8, 4) is 11.1 Å². The molecule has 0 radical (unpaired) electrons. The zero-order valence-electron chi connectivity index (χ0n) is 12.1. The van der Waals surface area contributed by atoms with Gasteiger partial charge in [0, 0.05) is 18.0 Å². The highest BCUT2D eigenvalue weighted by molar-refractivity contribution is 5.97. The quantitative estimate of drug-likeness (QED) is 0.741. The summed E-state index contributed by atoms with van der Waals surface area (Å²) in [4.78, 5) is 12.4. The summed E-state index contributed by atoms with van der Waals surface area (Å²) in [5.74, 6) is 0.271. The lowest BCUT2D eigenvalue weighted by molar-refractivity contribution is 0.0971. The van der Waals surface area contributed by atoms with Crippen molar-refractivity contribution in [2.45, 2.75) is 31.7 Å². The van der Waals surface area contributed by atoms with Gasteiger partial charge in [0.25, 0.3) is 0 Å². The maximum Gasteiger partial charge on any atom is 0.164 e. The molecule has 2 heteroatoms. The molecular formula is C19H19NO. The highest BCUT2D eigenvalue weighted by atomic mass is 16.1. The molecule has 0 bridgehead atoms. The Hall–Kier alpha value is -1.93. The molecule has 1 unspecified atom stereocenters. The molecule has 2 aromatic carbocycles. The van der Waals surface area contributed by atoms with Gasteiger partial charge in [-0.2, -0.15) is 0 Å². The van der Waals surface area contributed by atoms with Gasteiger partial charge in [-0.05, 0) is 54.1 Å². The number of hydrogen-bond donors (Lipinski definition) is 1. The monoisotopic (exact) mass is 277 g/mol. The standard InChI is InChI=1S/C19H19NO/c21-19(12-16-5-3-9-20-16)14-7-8-18-15(11-14)10-13-4-1-2-6-17(13)18/h1-2,4,6-8,11,16,20H,3,5,9-10,12H2. The SMILES string of the molecule is O=C(CC1CCCN1)c1ccc2c(c1)Cc1ccccc1-2. The molecule has 4 rings (SSSR count). The van der Waals surface area contributed by atoms with Crippen molar-refractivity contribution < 1.29 is 4.79 Å². The Balaban J connectivity index is 1.59. The summed E-state index contributed by atoms with van der Waals surface area (Å²) in [5.41, 5.74) is 6.15. The van der Waals surface area contributed by atoms with E-state index < -0.39 is 0 Å². The second kappa shape index (κ2) is 5.12. The minimum atomic E-state index is 0.271. The van der Waals surface area contributed by atoms with Gasteiger partial charge < -0.3 is 5.32 Å². The Labute approximate surface area is 125 Å². The fourth-order valence-corrected chi connectivity index (χ4v) is 3.59. The minimum absolute atomic E-state index is 0.271. The molecule has 0 aromatic heterocycles. The summed E-state index contributed by atoms with van der Waals surface area (Å²) < 4.78 is 0. The van der Waals surface area contributed by atoms with Crippen molar-refractivity contribution in [2.24, 2.45) is 0 Å². The number of hydrogen-bond acceptors (Lipinski definition) is 2. The van der Waals surface area contributed by atoms with E-state index in [1.807, 2.05) is 6.07 Å². The van der Waals surface area contributed by atoms with E-state index in [2.05, 4.69) is 41.7 Å². The lowest BCUT2D eigenvalue weighted by Gasteiger charge is -2.10. The maximum absolute atomic E-state index is 12.4. The molecule has 1 fully saturated rings. The first kappa shape index (κ1) is 12.8. The van der Waals surface area contributed by atoms with Crippen LogP contribution in [0.15, 0.2) is 42.5 Å². The Morgan fingerprint density at radius 3 is 2.81 bits per heavy atom. The highest BCUT2D eigenvalue weighted by Crippen LogP contribution is 2.36. The molecule has 2 aliphatic rings. The smallest absolute Gasteiger partial charge is 0.164 e. The Kier molecular flexibility index (Phi) is 3.12. The lowest BCUT2D eigenvalue weighted by atomic mass is 9.98. The fraction of sp³-hybridized carbons (Fsp3) is 0.316. The number of ketones is 1. The van der Waals surface area contributed by atoms with E-state index in [1.165, 1.54) is 28.7 Å². The predicted molar refractivity (Wildman–Crippen MR) is 84.7 cm³/mol. The summed E-state index contributed by atoms with van der Waals surface area (Å²) in [6.07, 6.45) is 3.90. The van der Waals surface area contributed by atoms with Crippen molar-refractivity contribution >= 4 is 5.78 Å². The van der Waals surface area contributed by atoms with Crippen LogP contribution in [0.2, 0.25) is 0 Å². The third-order valence-electron chi connectivity index (χ3n) is 4.71. The zero-order valence-corrected chi connectivity index (χ0v) is 12.1. The van der Waals surface area contributed by atoms with Crippen LogP contribution >= 0.6 is 0 Å². The van der Waals surface area contributed by atoms with Crippen molar-refractivity contribution in [3.63, 3.8) is 0 Å². The molecule has 2 nitrogen and oxygen atoms in total. The molecule has 1 aliphatic carbocycles. The number of fused-ring (bicyclic) bond motifs is 3. The van der Waals surface area contributed by atoms with Crippen LogP contribution in [0.1, 0.15) is 40.7 Å². The van der Waals surface area contributed by atoms with Crippen LogP contribution in [0.4, 0.5) is 0 Å². The number of carbonyl (C=O) groups is 1. The molecule has 1 saturated heterocycles. The Morgan fingerprint density at radius 2 is 1.95 bits per heavy atom. The largest absolute Gasteiger partial charge is 0.314 e. The topological polar surface area (TPSA) is 29.1 Å². The molecule has 2 aromatic rings. The molecule has 1 heterocycles. The summed E-state index contributed by atoms with van der Waals surface area (Å²) in [7, 11) is 0. The van der Waals surface area contributed by atoms with Crippen molar-refractivity contribution in [3.05, 3.63) is 59.2 Å². The number of carbonyl (C=O) groups excluding carboxylic acids is 1. The molecule has 0 amide bonds. The average molecular weight is 277 g/mol. The maximum atomic E-state index is 12.4. The Bertz CT molecular complexity index is 698. The second-order valence-electron chi connectivity index (χ2n) is 6.13. The van der Waals surface area contributed by atoms with Gasteiger partial charge >= 0.3 is 0 Å². The number of benzene rings is 2. The van der Waals surface area contributed by atoms with Gasteiger partial charge in [-0.3, -0.25) is 4.79 Å². The summed E-state index contributed by atoms with van der Waals surface area (Å²) in [6, 6.07) is 15.1. The first-order chi connectivity index (χ1) is 10.3. The molecule has 1 N–H and O–H groups in total. The van der Waals surface area contributed by atoms with E-state index in [0.717, 1.165) is 24.9 Å². The molecule has 1 aliphatic heterocycles. The minimum Gasteiger partial charge on any atom is -0.314 e. The van der Waals surface area contributed by atoms with Gasteiger partial charge in [-0.25, -0.2) is 0 Å². The summed E-state index contributed by atoms with van der Waals surface area (Å²) in [6.45, 7) is 1.05. The molecular weight excluding hydrogens is 258 g/mol. The first-order valence-corrected chi connectivity index (χ1v) is 7.79. The normalized spacial score (nSPS) is 19.3. The van der Waals surface area contributed by atoms with Gasteiger partial charge in [-0.1, -0.05) is 36.4 Å². The fourth-order valence-electron chi connectivity index (χ4n) is 3.59. The van der Waals surface area contributed by atoms with E-state index in [-0.39, 0.29) is 5.78 Å². The van der Waals surface area contributed by atoms with Crippen LogP contribution in [0.5, 0.6) is 0 Å². The van der Waals surface area contributed by atoms with E-state index in [1.54, 1.807) is 0 Å². The number of nitrogens with one attached hydrogen (secondary N) is 1. The molecule has 0 spiro atoms. The molecule has 0 saturated carbocycles. The number of rotatable bonds is 3. The van der Waals surface area contributed by atoms with Crippen LogP contribution < -0.4 is 5.32 Å². The van der Waals surface area contributed by atoms with Crippen molar-refractivity contribution in [2.75, 3.05) is 6.54 Å². The second-order valence-corrected chi connectivity index (χ2v) is 6.13. The number of Topliss-reactive ketones (excluding diaryl/α,β-unsaturated/α-hetero) is 1. The zero-order chi connectivity index (χ0) is 14.2. The van der Waals surface area contributed by atoms with E-state index in [9.17, 15) is 4.79 Å². The summed E-state index contributed by atoms with van der Waals surface area (Å²) in [5, 5.41) is 3.40.